The first-order valence-electron chi connectivity index (χ1n) is 7.69. The molecule has 1 rings (SSSR count). The number of halogens is 1. The van der Waals surface area contributed by atoms with E-state index < -0.39 is 41.1 Å². The molecule has 0 fully saturated rings. The lowest BCUT2D eigenvalue weighted by Crippen LogP contribution is -2.47. The molecule has 1 aromatic carbocycles. The zero-order valence-electron chi connectivity index (χ0n) is 14.5. The summed E-state index contributed by atoms with van der Waals surface area (Å²) in [4.78, 5) is 45.7. The number of benzene rings is 1. The van der Waals surface area contributed by atoms with Crippen LogP contribution in [0.25, 0.3) is 0 Å². The van der Waals surface area contributed by atoms with E-state index in [9.17, 15) is 24.5 Å². The average molecular weight is 387 g/mol. The van der Waals surface area contributed by atoms with Gasteiger partial charge in [0.2, 0.25) is 0 Å². The number of ether oxygens (including phenoxy) is 2. The van der Waals surface area contributed by atoms with Crippen molar-refractivity contribution in [1.29, 1.82) is 0 Å². The molecular formula is C16H19ClN2O7. The molecule has 0 heterocycles. The van der Waals surface area contributed by atoms with Crippen LogP contribution in [0.15, 0.2) is 18.2 Å². The van der Waals surface area contributed by atoms with Gasteiger partial charge in [0.05, 0.1) is 17.6 Å². The minimum atomic E-state index is -0.932. The Morgan fingerprint density at radius 3 is 2.54 bits per heavy atom. The van der Waals surface area contributed by atoms with Crippen LogP contribution < -0.4 is 5.32 Å². The van der Waals surface area contributed by atoms with Crippen LogP contribution in [0.4, 0.5) is 5.69 Å². The third-order valence-electron chi connectivity index (χ3n) is 3.70. The summed E-state index contributed by atoms with van der Waals surface area (Å²) in [6, 6.07) is 2.52. The molecule has 10 heteroatoms. The molecule has 1 N–H and O–H groups in total. The topological polar surface area (TPSA) is 125 Å². The molecule has 2 atom stereocenters. The Bertz CT molecular complexity index is 708. The van der Waals surface area contributed by atoms with Crippen molar-refractivity contribution < 1.29 is 28.8 Å². The number of methoxy groups -OCH3 is 1. The van der Waals surface area contributed by atoms with Crippen molar-refractivity contribution in [2.45, 2.75) is 26.3 Å². The quantitative estimate of drug-likeness (QED) is 0.412. The lowest BCUT2D eigenvalue weighted by atomic mass is 9.99. The van der Waals surface area contributed by atoms with Crippen LogP contribution in [0.5, 0.6) is 0 Å². The molecule has 1 aromatic rings. The fourth-order valence-electron chi connectivity index (χ4n) is 2.01. The molecule has 0 saturated carbocycles. The fraction of sp³-hybridized carbons (Fsp3) is 0.438. The van der Waals surface area contributed by atoms with E-state index >= 15 is 0 Å². The standard InChI is InChI=1S/C16H19ClN2O7/c1-4-9(2)14(16(22)25-3)18-13(20)8-26-15(21)10-5-6-11(17)12(7-10)19(23)24/h5-7,9,14H,4,8H2,1-3H3,(H,18,20)/t9-,14+/m0/s1. The number of esters is 2. The highest BCUT2D eigenvalue weighted by Crippen LogP contribution is 2.25. The number of rotatable bonds is 8. The van der Waals surface area contributed by atoms with Crippen molar-refractivity contribution in [2.24, 2.45) is 5.92 Å². The molecule has 0 aliphatic carbocycles. The first-order chi connectivity index (χ1) is 12.2. The first kappa shape index (κ1) is 21.4. The van der Waals surface area contributed by atoms with Gasteiger partial charge in [0.1, 0.15) is 11.1 Å². The van der Waals surface area contributed by atoms with Gasteiger partial charge in [-0.2, -0.15) is 0 Å². The number of amides is 1. The number of nitro benzene ring substituents is 1. The van der Waals surface area contributed by atoms with Crippen molar-refractivity contribution in [2.75, 3.05) is 13.7 Å². The smallest absolute Gasteiger partial charge is 0.338 e. The molecule has 0 aliphatic heterocycles. The normalized spacial score (nSPS) is 12.6. The molecule has 26 heavy (non-hydrogen) atoms. The second-order valence-electron chi connectivity index (χ2n) is 5.45. The zero-order valence-corrected chi connectivity index (χ0v) is 15.2. The third-order valence-corrected chi connectivity index (χ3v) is 4.02. The minimum absolute atomic E-state index is 0.125. The first-order valence-corrected chi connectivity index (χ1v) is 8.07. The van der Waals surface area contributed by atoms with Gasteiger partial charge < -0.3 is 14.8 Å². The van der Waals surface area contributed by atoms with Crippen LogP contribution in [0.2, 0.25) is 5.02 Å². The summed E-state index contributed by atoms with van der Waals surface area (Å²) < 4.78 is 9.46. The molecular weight excluding hydrogens is 368 g/mol. The molecule has 0 bridgehead atoms. The highest BCUT2D eigenvalue weighted by Gasteiger charge is 2.27. The van der Waals surface area contributed by atoms with E-state index in [1.54, 1.807) is 6.92 Å². The molecule has 0 spiro atoms. The van der Waals surface area contributed by atoms with Crippen LogP contribution in [-0.2, 0) is 19.1 Å². The summed E-state index contributed by atoms with van der Waals surface area (Å²) >= 11 is 5.67. The van der Waals surface area contributed by atoms with Crippen LogP contribution in [0.1, 0.15) is 30.6 Å². The summed E-state index contributed by atoms with van der Waals surface area (Å²) in [7, 11) is 1.21. The maximum atomic E-state index is 11.9. The summed E-state index contributed by atoms with van der Waals surface area (Å²) in [5.74, 6) is -2.41. The summed E-state index contributed by atoms with van der Waals surface area (Å²) in [6.45, 7) is 2.96. The van der Waals surface area contributed by atoms with E-state index in [4.69, 9.17) is 16.3 Å². The maximum absolute atomic E-state index is 11.9. The van der Waals surface area contributed by atoms with Crippen molar-refractivity contribution in [3.05, 3.63) is 38.9 Å². The molecule has 0 radical (unpaired) electrons. The number of carbonyl (C=O) groups excluding carboxylic acids is 3. The van der Waals surface area contributed by atoms with E-state index in [-0.39, 0.29) is 16.5 Å². The summed E-state index contributed by atoms with van der Waals surface area (Å²) in [6.07, 6.45) is 0.619. The Kier molecular flexibility index (Phi) is 7.98. The van der Waals surface area contributed by atoms with E-state index in [1.165, 1.54) is 19.2 Å². The van der Waals surface area contributed by atoms with Gasteiger partial charge in [-0.15, -0.1) is 0 Å². The number of nitrogens with one attached hydrogen (secondary N) is 1. The van der Waals surface area contributed by atoms with Crippen LogP contribution in [0, 0.1) is 16.0 Å². The van der Waals surface area contributed by atoms with Crippen LogP contribution in [-0.4, -0.2) is 42.5 Å². The zero-order chi connectivity index (χ0) is 19.9. The van der Waals surface area contributed by atoms with E-state index in [1.807, 2.05) is 6.92 Å². The Labute approximate surface area is 154 Å². The van der Waals surface area contributed by atoms with E-state index in [0.29, 0.717) is 6.42 Å². The van der Waals surface area contributed by atoms with Gasteiger partial charge in [-0.05, 0) is 18.1 Å². The SMILES string of the molecule is CC[C@H](C)[C@@H](NC(=O)COC(=O)c1ccc(Cl)c([N+](=O)[O-])c1)C(=O)OC. The van der Waals surface area contributed by atoms with Crippen molar-refractivity contribution in [1.82, 2.24) is 5.32 Å². The van der Waals surface area contributed by atoms with Gasteiger partial charge in [-0.25, -0.2) is 9.59 Å². The maximum Gasteiger partial charge on any atom is 0.338 e. The Morgan fingerprint density at radius 2 is 2.00 bits per heavy atom. The van der Waals surface area contributed by atoms with Gasteiger partial charge in [0.25, 0.3) is 11.6 Å². The predicted octanol–water partition coefficient (Wildman–Crippen LogP) is 2.11. The summed E-state index contributed by atoms with van der Waals surface area (Å²) in [5.41, 5.74) is -0.576. The molecule has 0 unspecified atom stereocenters. The highest BCUT2D eigenvalue weighted by atomic mass is 35.5. The Balaban J connectivity index is 2.72. The second-order valence-corrected chi connectivity index (χ2v) is 5.86. The van der Waals surface area contributed by atoms with Gasteiger partial charge in [-0.1, -0.05) is 31.9 Å². The third kappa shape index (κ3) is 5.69. The number of nitrogens with zero attached hydrogens (tertiary/aromatic N) is 1. The molecule has 0 aliphatic rings. The highest BCUT2D eigenvalue weighted by molar-refractivity contribution is 6.32. The predicted molar refractivity (Wildman–Crippen MR) is 91.8 cm³/mol. The van der Waals surface area contributed by atoms with E-state index in [0.717, 1.165) is 6.07 Å². The van der Waals surface area contributed by atoms with Crippen molar-refractivity contribution >= 4 is 35.1 Å². The average Bonchev–Trinajstić information content (AvgIpc) is 2.62. The molecule has 142 valence electrons. The molecule has 0 saturated heterocycles. The monoisotopic (exact) mass is 386 g/mol. The summed E-state index contributed by atoms with van der Waals surface area (Å²) in [5, 5.41) is 13.1. The largest absolute Gasteiger partial charge is 0.467 e. The fourth-order valence-corrected chi connectivity index (χ4v) is 2.19. The molecule has 0 aromatic heterocycles. The number of carbonyl (C=O) groups is 3. The minimum Gasteiger partial charge on any atom is -0.467 e. The molecule has 1 amide bonds. The van der Waals surface area contributed by atoms with Crippen LogP contribution in [0.3, 0.4) is 0 Å². The van der Waals surface area contributed by atoms with Gasteiger partial charge in [-0.3, -0.25) is 14.9 Å². The van der Waals surface area contributed by atoms with Crippen molar-refractivity contribution in [3.8, 4) is 0 Å². The van der Waals surface area contributed by atoms with Gasteiger partial charge in [0.15, 0.2) is 6.61 Å². The number of hydrogen-bond donors (Lipinski definition) is 1. The van der Waals surface area contributed by atoms with Crippen molar-refractivity contribution in [3.63, 3.8) is 0 Å². The second kappa shape index (κ2) is 9.71. The lowest BCUT2D eigenvalue weighted by molar-refractivity contribution is -0.384. The van der Waals surface area contributed by atoms with E-state index in [2.05, 4.69) is 10.1 Å². The van der Waals surface area contributed by atoms with Gasteiger partial charge in [0, 0.05) is 6.07 Å². The Hall–Kier alpha value is -2.68. The lowest BCUT2D eigenvalue weighted by Gasteiger charge is -2.21. The number of hydrogen-bond acceptors (Lipinski definition) is 7. The Morgan fingerprint density at radius 1 is 1.35 bits per heavy atom. The van der Waals surface area contributed by atoms with Gasteiger partial charge >= 0.3 is 11.9 Å². The molecule has 9 nitrogen and oxygen atoms in total. The number of nitro groups is 1. The van der Waals surface area contributed by atoms with Crippen LogP contribution >= 0.6 is 11.6 Å².